The van der Waals surface area contributed by atoms with E-state index in [2.05, 4.69) is 19.1 Å². The van der Waals surface area contributed by atoms with Gasteiger partial charge in [-0.2, -0.15) is 0 Å². The summed E-state index contributed by atoms with van der Waals surface area (Å²) in [6.07, 6.45) is 24.3. The van der Waals surface area contributed by atoms with Crippen molar-refractivity contribution in [1.82, 2.24) is 0 Å². The zero-order valence-corrected chi connectivity index (χ0v) is 27.0. The molecule has 0 amide bonds. The summed E-state index contributed by atoms with van der Waals surface area (Å²) in [7, 11) is 0. The molecule has 0 saturated heterocycles. The van der Waals surface area contributed by atoms with Crippen LogP contribution >= 0.6 is 0 Å². The van der Waals surface area contributed by atoms with Crippen LogP contribution in [-0.2, 0) is 14.4 Å². The predicted octanol–water partition coefficient (Wildman–Crippen LogP) is 8.56. The van der Waals surface area contributed by atoms with Crippen molar-refractivity contribution in [2.75, 3.05) is 26.2 Å². The normalized spacial score (nSPS) is 15.4. The number of nitrogens with zero attached hydrogens (tertiary/aromatic N) is 1. The highest BCUT2D eigenvalue weighted by molar-refractivity contribution is 5.71. The number of allylic oxidation sites excluding steroid dienone is 2. The fourth-order valence-electron chi connectivity index (χ4n) is 6.04. The minimum atomic E-state index is -0.887. The van der Waals surface area contributed by atoms with E-state index >= 15 is 0 Å². The number of unbranched alkanes of at least 4 members (excludes halogenated alkanes) is 14. The highest BCUT2D eigenvalue weighted by atomic mass is 16.4. The van der Waals surface area contributed by atoms with Gasteiger partial charge in [-0.15, -0.1) is 0 Å². The molecule has 0 heterocycles. The molecule has 0 spiro atoms. The minimum absolute atomic E-state index is 0.260. The summed E-state index contributed by atoms with van der Waals surface area (Å²) in [6, 6.07) is 0. The molecule has 0 aromatic heterocycles. The summed E-state index contributed by atoms with van der Waals surface area (Å²) in [5, 5.41) is 29.4. The zero-order valence-electron chi connectivity index (χ0n) is 27.0. The fraction of sp³-hybridized carbons (Fsp3) is 0.853. The van der Waals surface area contributed by atoms with E-state index in [1.165, 1.54) is 77.0 Å². The summed E-state index contributed by atoms with van der Waals surface area (Å²) < 4.78 is 0.260. The summed E-state index contributed by atoms with van der Waals surface area (Å²) in [5.74, 6) is -4.51. The van der Waals surface area contributed by atoms with Crippen LogP contribution in [0.5, 0.6) is 0 Å². The van der Waals surface area contributed by atoms with Crippen LogP contribution in [0.4, 0.5) is 0 Å². The maximum atomic E-state index is 12.0. The molecule has 41 heavy (non-hydrogen) atoms. The van der Waals surface area contributed by atoms with Crippen molar-refractivity contribution in [1.29, 1.82) is 0 Å². The Bertz CT molecular complexity index is 662. The number of rotatable bonds is 29. The Labute approximate surface area is 251 Å². The van der Waals surface area contributed by atoms with Crippen LogP contribution in [-0.4, -0.2) is 63.9 Å². The van der Waals surface area contributed by atoms with Crippen LogP contribution in [0.1, 0.15) is 143 Å². The smallest absolute Gasteiger partial charge is 0.312 e. The number of hydrogen-bond donors (Lipinski definition) is 3. The SMILES string of the molecule is C/C=C/CCCCCCCCCCCCCCCC[N+](CC(CC)C(=O)O)(CC(CC)C(=O)O)CC(CC)C(=O)O. The van der Waals surface area contributed by atoms with Gasteiger partial charge in [0.2, 0.25) is 0 Å². The maximum Gasteiger partial charge on any atom is 0.312 e. The third-order valence-corrected chi connectivity index (χ3v) is 8.84. The Morgan fingerprint density at radius 1 is 0.537 bits per heavy atom. The lowest BCUT2D eigenvalue weighted by atomic mass is 9.95. The topological polar surface area (TPSA) is 112 Å². The third-order valence-electron chi connectivity index (χ3n) is 8.84. The second kappa shape index (κ2) is 24.7. The van der Waals surface area contributed by atoms with Gasteiger partial charge in [-0.25, -0.2) is 0 Å². The van der Waals surface area contributed by atoms with Crippen LogP contribution in [0.25, 0.3) is 0 Å². The molecule has 3 N–H and O–H groups in total. The third kappa shape index (κ3) is 19.0. The molecule has 3 atom stereocenters. The monoisotopic (exact) mass is 582 g/mol. The number of carboxylic acids is 3. The van der Waals surface area contributed by atoms with Gasteiger partial charge in [0.15, 0.2) is 0 Å². The van der Waals surface area contributed by atoms with Gasteiger partial charge in [-0.3, -0.25) is 14.4 Å². The molecule has 0 radical (unpaired) electrons. The lowest BCUT2D eigenvalue weighted by Gasteiger charge is -2.43. The molecule has 0 fully saturated rings. The molecule has 0 rings (SSSR count). The van der Waals surface area contributed by atoms with E-state index in [-0.39, 0.29) is 24.1 Å². The van der Waals surface area contributed by atoms with Gasteiger partial charge in [0.05, 0.1) is 26.2 Å². The van der Waals surface area contributed by atoms with Gasteiger partial charge in [0.1, 0.15) is 17.8 Å². The van der Waals surface area contributed by atoms with Crippen molar-refractivity contribution < 1.29 is 34.2 Å². The second-order valence-corrected chi connectivity index (χ2v) is 12.3. The Morgan fingerprint density at radius 2 is 0.829 bits per heavy atom. The summed E-state index contributed by atoms with van der Waals surface area (Å²) in [5.41, 5.74) is 0. The summed E-state index contributed by atoms with van der Waals surface area (Å²) in [4.78, 5) is 35.9. The van der Waals surface area contributed by atoms with E-state index in [1.54, 1.807) is 0 Å². The zero-order chi connectivity index (χ0) is 30.9. The van der Waals surface area contributed by atoms with Gasteiger partial charge in [-0.1, -0.05) is 104 Å². The molecule has 0 aliphatic heterocycles. The van der Waals surface area contributed by atoms with E-state index in [0.717, 1.165) is 19.3 Å². The molecule has 0 aromatic rings. The Kier molecular flexibility index (Phi) is 23.5. The van der Waals surface area contributed by atoms with Gasteiger partial charge in [0, 0.05) is 0 Å². The van der Waals surface area contributed by atoms with Crippen molar-refractivity contribution in [2.24, 2.45) is 17.8 Å². The maximum absolute atomic E-state index is 12.0. The second-order valence-electron chi connectivity index (χ2n) is 12.3. The molecule has 3 unspecified atom stereocenters. The van der Waals surface area contributed by atoms with Crippen LogP contribution in [0, 0.1) is 17.8 Å². The van der Waals surface area contributed by atoms with E-state index < -0.39 is 35.7 Å². The van der Waals surface area contributed by atoms with E-state index in [0.29, 0.717) is 25.8 Å². The summed E-state index contributed by atoms with van der Waals surface area (Å²) in [6.45, 7) is 9.09. The first kappa shape index (κ1) is 39.1. The number of hydrogen-bond acceptors (Lipinski definition) is 3. The van der Waals surface area contributed by atoms with Crippen LogP contribution in [0.3, 0.4) is 0 Å². The van der Waals surface area contributed by atoms with Crippen molar-refractivity contribution in [3.05, 3.63) is 12.2 Å². The molecule has 0 bridgehead atoms. The first-order chi connectivity index (χ1) is 19.7. The fourth-order valence-corrected chi connectivity index (χ4v) is 6.04. The van der Waals surface area contributed by atoms with Crippen LogP contribution in [0.15, 0.2) is 12.2 Å². The Morgan fingerprint density at radius 3 is 1.10 bits per heavy atom. The highest BCUT2D eigenvalue weighted by Gasteiger charge is 2.40. The molecule has 0 saturated carbocycles. The quantitative estimate of drug-likeness (QED) is 0.0463. The van der Waals surface area contributed by atoms with Gasteiger partial charge in [-0.05, 0) is 51.9 Å². The molecular weight excluding hydrogens is 518 g/mol. The standard InChI is InChI=1S/C34H63NO6/c1-5-9-10-11-12-13-14-15-16-17-18-19-20-21-22-23-24-25-35(26-29(6-2)32(36)37,27-30(7-3)33(38)39)28-31(8-4)34(40)41/h5,9,29-31H,6-8,10-28H2,1-4H3,(H2-,36,37,38,39,40,41)/p+1/b9-5+. The summed E-state index contributed by atoms with van der Waals surface area (Å²) >= 11 is 0. The van der Waals surface area contributed by atoms with Crippen LogP contribution < -0.4 is 0 Å². The average Bonchev–Trinajstić information content (AvgIpc) is 2.94. The van der Waals surface area contributed by atoms with Gasteiger partial charge < -0.3 is 19.8 Å². The first-order valence-electron chi connectivity index (χ1n) is 16.8. The molecule has 0 aromatic carbocycles. The Balaban J connectivity index is 4.74. The average molecular weight is 583 g/mol. The lowest BCUT2D eigenvalue weighted by molar-refractivity contribution is -0.935. The predicted molar refractivity (Wildman–Crippen MR) is 168 cm³/mol. The number of carbonyl (C=O) groups is 3. The molecular formula is C34H64NO6+. The van der Waals surface area contributed by atoms with Crippen LogP contribution in [0.2, 0.25) is 0 Å². The molecule has 7 nitrogen and oxygen atoms in total. The van der Waals surface area contributed by atoms with Gasteiger partial charge in [0.25, 0.3) is 0 Å². The first-order valence-corrected chi connectivity index (χ1v) is 16.8. The van der Waals surface area contributed by atoms with Crippen molar-refractivity contribution >= 4 is 17.9 Å². The van der Waals surface area contributed by atoms with E-state index in [1.807, 2.05) is 20.8 Å². The minimum Gasteiger partial charge on any atom is -0.481 e. The molecule has 7 heteroatoms. The Hall–Kier alpha value is -1.89. The van der Waals surface area contributed by atoms with E-state index in [9.17, 15) is 29.7 Å². The number of quaternary nitrogens is 1. The molecule has 0 aliphatic carbocycles. The van der Waals surface area contributed by atoms with Crippen molar-refractivity contribution in [3.63, 3.8) is 0 Å². The van der Waals surface area contributed by atoms with Crippen molar-refractivity contribution in [2.45, 2.75) is 143 Å². The number of aliphatic carboxylic acids is 3. The lowest BCUT2D eigenvalue weighted by Crippen LogP contribution is -2.58. The largest absolute Gasteiger partial charge is 0.481 e. The molecule has 0 aliphatic rings. The highest BCUT2D eigenvalue weighted by Crippen LogP contribution is 2.25. The van der Waals surface area contributed by atoms with Gasteiger partial charge >= 0.3 is 17.9 Å². The van der Waals surface area contributed by atoms with Crippen molar-refractivity contribution in [3.8, 4) is 0 Å². The molecule has 240 valence electrons. The number of carboxylic acid groups (broad SMARTS) is 3. The van der Waals surface area contributed by atoms with E-state index in [4.69, 9.17) is 0 Å².